The first kappa shape index (κ1) is 29.7. The molecule has 0 saturated heterocycles. The normalized spacial score (nSPS) is 13.1. The van der Waals surface area contributed by atoms with Crippen molar-refractivity contribution in [3.63, 3.8) is 0 Å². The molecular weight excluding hydrogens is 633 g/mol. The zero-order valence-corrected chi connectivity index (χ0v) is 29.6. The second-order valence-electron chi connectivity index (χ2n) is 14.1. The highest BCUT2D eigenvalue weighted by molar-refractivity contribution is 7.06. The highest BCUT2D eigenvalue weighted by atomic mass is 28.3. The molecule has 10 rings (SSSR count). The van der Waals surface area contributed by atoms with Crippen LogP contribution in [0.5, 0.6) is 0 Å². The van der Waals surface area contributed by atoms with E-state index >= 15 is 0 Å². The van der Waals surface area contributed by atoms with E-state index in [9.17, 15) is 0 Å². The van der Waals surface area contributed by atoms with Crippen molar-refractivity contribution in [3.8, 4) is 56.2 Å². The van der Waals surface area contributed by atoms with Crippen molar-refractivity contribution in [1.82, 2.24) is 9.97 Å². The van der Waals surface area contributed by atoms with Crippen LogP contribution in [0.1, 0.15) is 0 Å². The van der Waals surface area contributed by atoms with Gasteiger partial charge in [0.2, 0.25) is 0 Å². The molecule has 0 spiro atoms. The predicted octanol–water partition coefficient (Wildman–Crippen LogP) is 11.4. The Labute approximate surface area is 298 Å². The monoisotopic (exact) mass is 666 g/mol. The fourth-order valence-electron chi connectivity index (χ4n) is 8.50. The van der Waals surface area contributed by atoms with E-state index in [1.807, 2.05) is 0 Å². The van der Waals surface area contributed by atoms with E-state index in [0.717, 1.165) is 33.7 Å². The van der Waals surface area contributed by atoms with E-state index in [0.29, 0.717) is 0 Å². The Morgan fingerprint density at radius 1 is 0.373 bits per heavy atom. The average Bonchev–Trinajstić information content (AvgIpc) is 3.44. The summed E-state index contributed by atoms with van der Waals surface area (Å²) in [5, 5.41) is 10.3. The topological polar surface area (TPSA) is 25.8 Å². The lowest BCUT2D eigenvalue weighted by Crippen LogP contribution is -2.50. The van der Waals surface area contributed by atoms with Crippen LogP contribution in [-0.4, -0.2) is 18.0 Å². The zero-order valence-electron chi connectivity index (χ0n) is 28.6. The second kappa shape index (κ2) is 11.4. The van der Waals surface area contributed by atoms with Crippen LogP contribution in [0, 0.1) is 0 Å². The van der Waals surface area contributed by atoms with Crippen LogP contribution in [0.4, 0.5) is 0 Å². The first-order valence-corrected chi connectivity index (χ1v) is 20.7. The van der Waals surface area contributed by atoms with Gasteiger partial charge in [-0.2, -0.15) is 0 Å². The largest absolute Gasteiger partial charge is 0.228 e. The third-order valence-corrected chi connectivity index (χ3v) is 14.3. The van der Waals surface area contributed by atoms with Gasteiger partial charge in [-0.1, -0.05) is 171 Å². The van der Waals surface area contributed by atoms with E-state index in [-0.39, 0.29) is 0 Å². The van der Waals surface area contributed by atoms with Gasteiger partial charge in [-0.25, -0.2) is 9.97 Å². The zero-order chi connectivity index (χ0) is 34.1. The van der Waals surface area contributed by atoms with Gasteiger partial charge < -0.3 is 0 Å². The maximum atomic E-state index is 5.60. The Balaban J connectivity index is 1.27. The minimum atomic E-state index is -2.34. The summed E-state index contributed by atoms with van der Waals surface area (Å²) in [7, 11) is -2.34. The van der Waals surface area contributed by atoms with E-state index in [4.69, 9.17) is 9.97 Å². The molecule has 0 bridgehead atoms. The molecule has 240 valence electrons. The quantitative estimate of drug-likeness (QED) is 0.138. The Kier molecular flexibility index (Phi) is 6.67. The summed E-state index contributed by atoms with van der Waals surface area (Å²) >= 11 is 0. The molecule has 2 nitrogen and oxygen atoms in total. The van der Waals surface area contributed by atoms with E-state index < -0.39 is 8.07 Å². The molecular formula is C48H34N2Si. The Bertz CT molecular complexity index is 2830. The molecule has 0 saturated carbocycles. The molecule has 0 radical (unpaired) electrons. The van der Waals surface area contributed by atoms with Crippen molar-refractivity contribution in [1.29, 1.82) is 0 Å². The molecule has 0 N–H and O–H groups in total. The number of nitrogens with zero attached hydrogens (tertiary/aromatic N) is 2. The molecule has 0 amide bonds. The molecule has 0 atom stereocenters. The SMILES string of the molecule is C[Si]1(C)c2c(-c3cccc(-c4cccc(-c5ccccc5)c4)c3)nc(-c3cccc4ccccc34)nc2-c2c1c1ccccc1c1ccccc21. The van der Waals surface area contributed by atoms with Gasteiger partial charge in [-0.05, 0) is 77.1 Å². The van der Waals surface area contributed by atoms with E-state index in [2.05, 4.69) is 183 Å². The lowest BCUT2D eigenvalue weighted by Gasteiger charge is -2.23. The first-order valence-electron chi connectivity index (χ1n) is 17.7. The Morgan fingerprint density at radius 2 is 0.863 bits per heavy atom. The van der Waals surface area contributed by atoms with Crippen molar-refractivity contribution in [2.75, 3.05) is 0 Å². The molecule has 0 fully saturated rings. The van der Waals surface area contributed by atoms with Crippen molar-refractivity contribution >= 4 is 50.8 Å². The van der Waals surface area contributed by atoms with Crippen LogP contribution in [0.15, 0.2) is 170 Å². The summed E-state index contributed by atoms with van der Waals surface area (Å²) in [6, 6.07) is 61.4. The highest BCUT2D eigenvalue weighted by Gasteiger charge is 2.44. The van der Waals surface area contributed by atoms with Crippen molar-refractivity contribution in [3.05, 3.63) is 170 Å². The minimum Gasteiger partial charge on any atom is -0.228 e. The summed E-state index contributed by atoms with van der Waals surface area (Å²) in [6.07, 6.45) is 0. The van der Waals surface area contributed by atoms with E-state index in [1.165, 1.54) is 65.1 Å². The van der Waals surface area contributed by atoms with Crippen molar-refractivity contribution in [2.45, 2.75) is 13.1 Å². The average molecular weight is 667 g/mol. The Hall–Kier alpha value is -6.16. The second-order valence-corrected chi connectivity index (χ2v) is 18.4. The van der Waals surface area contributed by atoms with Crippen LogP contribution in [-0.2, 0) is 0 Å². The standard InChI is InChI=1S/C48H34N2Si/c1-51(2)46-41-27-11-9-25-39(41)38-24-8-10-26-40(38)43(46)45-47(51)44(49-48(50-45)42-28-14-18-32-17-6-7-23-37(32)42)36-22-13-21-35(30-36)34-20-12-19-33(29-34)31-15-4-3-5-16-31/h3-30H,1-2H3. The van der Waals surface area contributed by atoms with Crippen LogP contribution < -0.4 is 10.4 Å². The lowest BCUT2D eigenvalue weighted by atomic mass is 9.94. The van der Waals surface area contributed by atoms with Gasteiger partial charge >= 0.3 is 0 Å². The van der Waals surface area contributed by atoms with Crippen molar-refractivity contribution in [2.24, 2.45) is 0 Å². The van der Waals surface area contributed by atoms with Crippen LogP contribution in [0.3, 0.4) is 0 Å². The summed E-state index contributed by atoms with van der Waals surface area (Å²) < 4.78 is 0. The molecule has 8 aromatic carbocycles. The third-order valence-electron chi connectivity index (χ3n) is 10.8. The molecule has 51 heavy (non-hydrogen) atoms. The number of hydrogen-bond donors (Lipinski definition) is 0. The molecule has 3 heteroatoms. The predicted molar refractivity (Wildman–Crippen MR) is 218 cm³/mol. The van der Waals surface area contributed by atoms with Crippen LogP contribution in [0.2, 0.25) is 13.1 Å². The number of aromatic nitrogens is 2. The minimum absolute atomic E-state index is 0.770. The molecule has 1 aliphatic heterocycles. The summed E-state index contributed by atoms with van der Waals surface area (Å²) in [6.45, 7) is 4.99. The lowest BCUT2D eigenvalue weighted by molar-refractivity contribution is 1.21. The number of benzene rings is 8. The van der Waals surface area contributed by atoms with E-state index in [1.54, 1.807) is 0 Å². The maximum absolute atomic E-state index is 5.60. The van der Waals surface area contributed by atoms with Gasteiger partial charge in [-0.15, -0.1) is 0 Å². The first-order chi connectivity index (χ1) is 25.1. The third kappa shape index (κ3) is 4.62. The van der Waals surface area contributed by atoms with Crippen LogP contribution >= 0.6 is 0 Å². The summed E-state index contributed by atoms with van der Waals surface area (Å²) in [5.41, 5.74) is 10.4. The number of fused-ring (bicyclic) bond motifs is 9. The smallest absolute Gasteiger partial charge is 0.161 e. The molecule has 0 unspecified atom stereocenters. The van der Waals surface area contributed by atoms with Gasteiger partial charge in [0.05, 0.1) is 11.4 Å². The van der Waals surface area contributed by atoms with Gasteiger partial charge in [0.1, 0.15) is 8.07 Å². The molecule has 1 aromatic heterocycles. The fraction of sp³-hybridized carbons (Fsp3) is 0.0417. The fourth-order valence-corrected chi connectivity index (χ4v) is 12.1. The highest BCUT2D eigenvalue weighted by Crippen LogP contribution is 2.42. The van der Waals surface area contributed by atoms with Crippen LogP contribution in [0.25, 0.3) is 88.5 Å². The molecule has 1 aliphatic rings. The van der Waals surface area contributed by atoms with Gasteiger partial charge in [0.25, 0.3) is 0 Å². The summed E-state index contributed by atoms with van der Waals surface area (Å²) in [4.78, 5) is 11.2. The molecule has 2 heterocycles. The van der Waals surface area contributed by atoms with Gasteiger partial charge in [0, 0.05) is 16.7 Å². The molecule has 9 aromatic rings. The summed E-state index contributed by atoms with van der Waals surface area (Å²) in [5.74, 6) is 0.770. The van der Waals surface area contributed by atoms with Gasteiger partial charge in [-0.3, -0.25) is 0 Å². The molecule has 0 aliphatic carbocycles. The number of rotatable bonds is 4. The maximum Gasteiger partial charge on any atom is 0.161 e. The number of hydrogen-bond acceptors (Lipinski definition) is 2. The Morgan fingerprint density at radius 3 is 1.61 bits per heavy atom. The van der Waals surface area contributed by atoms with Crippen molar-refractivity contribution < 1.29 is 0 Å². The van der Waals surface area contributed by atoms with Gasteiger partial charge in [0.15, 0.2) is 5.82 Å².